The molecule has 8 heteroatoms. The fourth-order valence-electron chi connectivity index (χ4n) is 2.15. The van der Waals surface area contributed by atoms with Crippen molar-refractivity contribution in [2.75, 3.05) is 5.01 Å². The molecule has 4 rings (SSSR count). The van der Waals surface area contributed by atoms with Crippen molar-refractivity contribution in [3.63, 3.8) is 0 Å². The van der Waals surface area contributed by atoms with Crippen LogP contribution in [-0.2, 0) is 0 Å². The number of carbonyl (C=O) groups excluding carboxylic acids is 1. The molecular formula is C17H10ClN3O3S. The number of anilines is 1. The Hall–Kier alpha value is -2.90. The number of furan rings is 2. The van der Waals surface area contributed by atoms with Crippen LogP contribution in [0.3, 0.4) is 0 Å². The van der Waals surface area contributed by atoms with E-state index in [2.05, 4.69) is 10.1 Å². The molecule has 0 atom stereocenters. The van der Waals surface area contributed by atoms with Gasteiger partial charge < -0.3 is 8.83 Å². The highest BCUT2D eigenvalue weighted by Gasteiger charge is 2.23. The lowest BCUT2D eigenvalue weighted by atomic mass is 10.3. The first kappa shape index (κ1) is 15.6. The van der Waals surface area contributed by atoms with E-state index in [-0.39, 0.29) is 5.76 Å². The predicted octanol–water partition coefficient (Wildman–Crippen LogP) is 4.82. The highest BCUT2D eigenvalue weighted by Crippen LogP contribution is 2.31. The molecule has 3 aromatic heterocycles. The van der Waals surface area contributed by atoms with Crippen molar-refractivity contribution in [1.29, 1.82) is 0 Å². The number of rotatable bonds is 4. The van der Waals surface area contributed by atoms with Crippen LogP contribution in [-0.4, -0.2) is 17.1 Å². The number of thiazole rings is 1. The molecule has 0 aliphatic carbocycles. The van der Waals surface area contributed by atoms with E-state index in [1.54, 1.807) is 42.5 Å². The first-order chi connectivity index (χ1) is 12.2. The Bertz CT molecular complexity index is 1040. The zero-order chi connectivity index (χ0) is 17.2. The van der Waals surface area contributed by atoms with E-state index >= 15 is 0 Å². The van der Waals surface area contributed by atoms with Crippen molar-refractivity contribution in [3.05, 3.63) is 71.5 Å². The van der Waals surface area contributed by atoms with Gasteiger partial charge in [0, 0.05) is 5.02 Å². The molecule has 0 aliphatic rings. The van der Waals surface area contributed by atoms with Gasteiger partial charge in [0.05, 0.1) is 29.0 Å². The summed E-state index contributed by atoms with van der Waals surface area (Å²) >= 11 is 7.33. The Balaban J connectivity index is 1.76. The summed E-state index contributed by atoms with van der Waals surface area (Å²) in [5, 5.41) is 6.42. The number of amides is 1. The molecule has 25 heavy (non-hydrogen) atoms. The number of carbonyl (C=O) groups is 1. The van der Waals surface area contributed by atoms with Gasteiger partial charge in [0.25, 0.3) is 0 Å². The van der Waals surface area contributed by atoms with Gasteiger partial charge in [-0.3, -0.25) is 4.79 Å². The third-order valence-electron chi connectivity index (χ3n) is 3.29. The minimum absolute atomic E-state index is 0.161. The first-order valence-electron chi connectivity index (χ1n) is 7.22. The maximum atomic E-state index is 12.7. The van der Waals surface area contributed by atoms with Crippen molar-refractivity contribution in [1.82, 2.24) is 4.98 Å². The zero-order valence-corrected chi connectivity index (χ0v) is 14.2. The number of hydrogen-bond donors (Lipinski definition) is 0. The number of hydrogen-bond acceptors (Lipinski definition) is 6. The highest BCUT2D eigenvalue weighted by atomic mass is 35.5. The number of benzene rings is 1. The Morgan fingerprint density at radius 3 is 2.80 bits per heavy atom. The molecule has 0 saturated carbocycles. The highest BCUT2D eigenvalue weighted by molar-refractivity contribution is 7.22. The molecule has 1 amide bonds. The van der Waals surface area contributed by atoms with Crippen LogP contribution in [0.5, 0.6) is 0 Å². The van der Waals surface area contributed by atoms with Crippen LogP contribution in [0.1, 0.15) is 16.3 Å². The number of halogens is 1. The summed E-state index contributed by atoms with van der Waals surface area (Å²) in [4.78, 5) is 17.2. The SMILES string of the molecule is O=C(c1ccco1)N(/N=C/c1ccco1)c1nc2ccc(Cl)cc2s1. The summed E-state index contributed by atoms with van der Waals surface area (Å²) < 4.78 is 11.3. The molecule has 0 aliphatic heterocycles. The molecule has 0 bridgehead atoms. The molecule has 0 fully saturated rings. The average molecular weight is 372 g/mol. The second-order valence-corrected chi connectivity index (χ2v) is 6.41. The topological polar surface area (TPSA) is 71.8 Å². The maximum Gasteiger partial charge on any atom is 0.316 e. The van der Waals surface area contributed by atoms with Crippen LogP contribution in [0, 0.1) is 0 Å². The number of nitrogens with zero attached hydrogens (tertiary/aromatic N) is 3. The van der Waals surface area contributed by atoms with E-state index in [1.807, 2.05) is 0 Å². The van der Waals surface area contributed by atoms with Gasteiger partial charge >= 0.3 is 5.91 Å². The van der Waals surface area contributed by atoms with Crippen LogP contribution in [0.2, 0.25) is 5.02 Å². The van der Waals surface area contributed by atoms with Crippen LogP contribution >= 0.6 is 22.9 Å². The number of aromatic nitrogens is 1. The van der Waals surface area contributed by atoms with Gasteiger partial charge in [-0.2, -0.15) is 10.1 Å². The molecule has 0 saturated heterocycles. The van der Waals surface area contributed by atoms with E-state index in [1.165, 1.54) is 35.1 Å². The molecule has 0 radical (unpaired) electrons. The smallest absolute Gasteiger partial charge is 0.316 e. The van der Waals surface area contributed by atoms with Crippen molar-refractivity contribution < 1.29 is 13.6 Å². The average Bonchev–Trinajstić information content (AvgIpc) is 3.36. The fraction of sp³-hybridized carbons (Fsp3) is 0. The van der Waals surface area contributed by atoms with Gasteiger partial charge in [-0.05, 0) is 42.5 Å². The summed E-state index contributed by atoms with van der Waals surface area (Å²) in [6.07, 6.45) is 4.40. The van der Waals surface area contributed by atoms with Crippen molar-refractivity contribution >= 4 is 50.4 Å². The lowest BCUT2D eigenvalue weighted by Gasteiger charge is -2.11. The van der Waals surface area contributed by atoms with Crippen molar-refractivity contribution in [2.24, 2.45) is 5.10 Å². The second-order valence-electron chi connectivity index (χ2n) is 4.96. The first-order valence-corrected chi connectivity index (χ1v) is 8.42. The molecule has 3 heterocycles. The number of fused-ring (bicyclic) bond motifs is 1. The van der Waals surface area contributed by atoms with Gasteiger partial charge in [0.15, 0.2) is 5.76 Å². The van der Waals surface area contributed by atoms with E-state index in [0.29, 0.717) is 15.9 Å². The van der Waals surface area contributed by atoms with Gasteiger partial charge in [-0.15, -0.1) is 0 Å². The third kappa shape index (κ3) is 3.19. The summed E-state index contributed by atoms with van der Waals surface area (Å²) in [7, 11) is 0. The summed E-state index contributed by atoms with van der Waals surface area (Å²) in [5.74, 6) is 0.244. The van der Waals surface area contributed by atoms with E-state index in [9.17, 15) is 4.79 Å². The Labute approximate surface area is 150 Å². The predicted molar refractivity (Wildman–Crippen MR) is 96.4 cm³/mol. The summed E-state index contributed by atoms with van der Waals surface area (Å²) in [5.41, 5.74) is 0.731. The van der Waals surface area contributed by atoms with E-state index < -0.39 is 5.91 Å². The molecule has 1 aromatic carbocycles. The third-order valence-corrected chi connectivity index (χ3v) is 4.52. The second kappa shape index (κ2) is 6.54. The van der Waals surface area contributed by atoms with E-state index in [4.69, 9.17) is 20.4 Å². The molecule has 0 spiro atoms. The Kier molecular flexibility index (Phi) is 4.09. The van der Waals surface area contributed by atoms with Crippen LogP contribution in [0.15, 0.2) is 68.9 Å². The normalized spacial score (nSPS) is 11.4. The monoisotopic (exact) mass is 371 g/mol. The number of hydrazone groups is 1. The minimum atomic E-state index is -0.432. The Morgan fingerprint density at radius 2 is 2.04 bits per heavy atom. The molecule has 4 aromatic rings. The molecule has 6 nitrogen and oxygen atoms in total. The van der Waals surface area contributed by atoms with Crippen molar-refractivity contribution in [3.8, 4) is 0 Å². The summed E-state index contributed by atoms with van der Waals surface area (Å²) in [6, 6.07) is 12.0. The molecule has 0 N–H and O–H groups in total. The van der Waals surface area contributed by atoms with Gasteiger partial charge in [-0.1, -0.05) is 22.9 Å². The van der Waals surface area contributed by atoms with Gasteiger partial charge in [-0.25, -0.2) is 4.98 Å². The zero-order valence-electron chi connectivity index (χ0n) is 12.6. The van der Waals surface area contributed by atoms with Gasteiger partial charge in [0.2, 0.25) is 5.13 Å². The molecule has 0 unspecified atom stereocenters. The van der Waals surface area contributed by atoms with Crippen molar-refractivity contribution in [2.45, 2.75) is 0 Å². The largest absolute Gasteiger partial charge is 0.463 e. The van der Waals surface area contributed by atoms with Crippen LogP contribution < -0.4 is 5.01 Å². The fourth-order valence-corrected chi connectivity index (χ4v) is 3.35. The van der Waals surface area contributed by atoms with Crippen LogP contribution in [0.4, 0.5) is 5.13 Å². The van der Waals surface area contributed by atoms with E-state index in [0.717, 1.165) is 10.2 Å². The molecular weight excluding hydrogens is 362 g/mol. The summed E-state index contributed by atoms with van der Waals surface area (Å²) in [6.45, 7) is 0. The Morgan fingerprint density at radius 1 is 1.20 bits per heavy atom. The lowest BCUT2D eigenvalue weighted by molar-refractivity contribution is 0.0961. The molecule has 124 valence electrons. The van der Waals surface area contributed by atoms with Crippen LogP contribution in [0.25, 0.3) is 10.2 Å². The minimum Gasteiger partial charge on any atom is -0.463 e. The standard InChI is InChI=1S/C17H10ClN3O3S/c18-11-5-6-13-15(9-11)25-17(20-13)21(16(22)14-4-2-8-24-14)19-10-12-3-1-7-23-12/h1-10H/b19-10+. The van der Waals surface area contributed by atoms with Gasteiger partial charge in [0.1, 0.15) is 5.76 Å². The maximum absolute atomic E-state index is 12.7. The quantitative estimate of drug-likeness (QED) is 0.381. The lowest BCUT2D eigenvalue weighted by Crippen LogP contribution is -2.25.